The van der Waals surface area contributed by atoms with E-state index in [4.69, 9.17) is 10.5 Å². The summed E-state index contributed by atoms with van der Waals surface area (Å²) in [7, 11) is 0. The van der Waals surface area contributed by atoms with Crippen molar-refractivity contribution in [3.8, 4) is 0 Å². The van der Waals surface area contributed by atoms with E-state index in [9.17, 15) is 24.9 Å². The number of ether oxygens (including phenoxy) is 1. The molecule has 6 atom stereocenters. The predicted octanol–water partition coefficient (Wildman–Crippen LogP) is -1.67. The fourth-order valence-electron chi connectivity index (χ4n) is 2.65. The maximum absolute atomic E-state index is 12.2. The van der Waals surface area contributed by atoms with Crippen molar-refractivity contribution in [2.75, 3.05) is 17.7 Å². The number of nitrogens with zero attached hydrogens (tertiary/aromatic N) is 1. The molecular weight excluding hydrogens is 388 g/mol. The zero-order chi connectivity index (χ0) is 20.8. The van der Waals surface area contributed by atoms with E-state index in [1.807, 2.05) is 6.92 Å². The van der Waals surface area contributed by atoms with Crippen LogP contribution in [0.25, 0.3) is 0 Å². The molecule has 0 bridgehead atoms. The summed E-state index contributed by atoms with van der Waals surface area (Å²) in [5.41, 5.74) is 6.07. The molecule has 1 aliphatic heterocycles. The van der Waals surface area contributed by atoms with Gasteiger partial charge >= 0.3 is 0 Å². The number of hydrogen-bond acceptors (Lipinski definition) is 9. The van der Waals surface area contributed by atoms with E-state index in [1.54, 1.807) is 18.3 Å². The highest BCUT2D eigenvalue weighted by molar-refractivity contribution is 7.99. The van der Waals surface area contributed by atoms with Gasteiger partial charge in [0.2, 0.25) is 11.8 Å². The SMILES string of the molecule is CC(=O)N[C@@H]1C(O)C(O)[C@@H](CO)O[C@H]1SC[C@H](N)C(=O)Nc1ccc(C)cn1. The van der Waals surface area contributed by atoms with E-state index < -0.39 is 54.3 Å². The lowest BCUT2D eigenvalue weighted by molar-refractivity contribution is -0.173. The van der Waals surface area contributed by atoms with E-state index >= 15 is 0 Å². The van der Waals surface area contributed by atoms with E-state index in [-0.39, 0.29) is 5.75 Å². The smallest absolute Gasteiger partial charge is 0.243 e. The van der Waals surface area contributed by atoms with E-state index in [2.05, 4.69) is 15.6 Å². The Morgan fingerprint density at radius 1 is 1.36 bits per heavy atom. The van der Waals surface area contributed by atoms with Crippen molar-refractivity contribution in [2.45, 2.75) is 49.7 Å². The molecule has 0 spiro atoms. The van der Waals surface area contributed by atoms with Crippen LogP contribution in [-0.2, 0) is 14.3 Å². The van der Waals surface area contributed by atoms with Gasteiger partial charge in [0.25, 0.3) is 0 Å². The number of pyridine rings is 1. The fourth-order valence-corrected chi connectivity index (χ4v) is 3.85. The minimum absolute atomic E-state index is 0.111. The first-order valence-electron chi connectivity index (χ1n) is 8.73. The summed E-state index contributed by atoms with van der Waals surface area (Å²) in [6.07, 6.45) is -2.09. The first kappa shape index (κ1) is 22.5. The van der Waals surface area contributed by atoms with Crippen LogP contribution in [0.5, 0.6) is 0 Å². The fraction of sp³-hybridized carbons (Fsp3) is 0.588. The van der Waals surface area contributed by atoms with Crippen molar-refractivity contribution in [3.63, 3.8) is 0 Å². The molecule has 0 saturated carbocycles. The van der Waals surface area contributed by atoms with Crippen LogP contribution in [0.2, 0.25) is 0 Å². The van der Waals surface area contributed by atoms with E-state index in [0.29, 0.717) is 5.82 Å². The second-order valence-electron chi connectivity index (χ2n) is 6.58. The number of nitrogens with one attached hydrogen (secondary N) is 2. The second-order valence-corrected chi connectivity index (χ2v) is 7.71. The molecule has 7 N–H and O–H groups in total. The largest absolute Gasteiger partial charge is 0.394 e. The van der Waals surface area contributed by atoms with Crippen molar-refractivity contribution in [2.24, 2.45) is 5.73 Å². The highest BCUT2D eigenvalue weighted by Gasteiger charge is 2.45. The lowest BCUT2D eigenvalue weighted by Crippen LogP contribution is -2.63. The molecule has 1 aliphatic rings. The number of rotatable bonds is 7. The van der Waals surface area contributed by atoms with Gasteiger partial charge in [-0.25, -0.2) is 4.98 Å². The monoisotopic (exact) mass is 414 g/mol. The van der Waals surface area contributed by atoms with Crippen LogP contribution >= 0.6 is 11.8 Å². The zero-order valence-electron chi connectivity index (χ0n) is 15.6. The van der Waals surface area contributed by atoms with Crippen molar-refractivity contribution in [3.05, 3.63) is 23.9 Å². The number of aliphatic hydroxyl groups excluding tert-OH is 3. The van der Waals surface area contributed by atoms with E-state index in [1.165, 1.54) is 6.92 Å². The molecule has 1 fully saturated rings. The summed E-state index contributed by atoms with van der Waals surface area (Å²) in [6.45, 7) is 2.64. The minimum Gasteiger partial charge on any atom is -0.394 e. The number of anilines is 1. The lowest BCUT2D eigenvalue weighted by Gasteiger charge is -2.42. The molecule has 1 saturated heterocycles. The van der Waals surface area contributed by atoms with Gasteiger partial charge < -0.3 is 36.4 Å². The number of thioether (sulfide) groups is 1. The Balaban J connectivity index is 1.97. The molecule has 156 valence electrons. The molecule has 1 aromatic rings. The van der Waals surface area contributed by atoms with Crippen LogP contribution in [-0.4, -0.2) is 80.3 Å². The average molecular weight is 414 g/mol. The average Bonchev–Trinajstić information content (AvgIpc) is 2.66. The summed E-state index contributed by atoms with van der Waals surface area (Å²) in [4.78, 5) is 27.7. The molecule has 1 aromatic heterocycles. The Labute approximate surface area is 166 Å². The first-order chi connectivity index (χ1) is 13.2. The van der Waals surface area contributed by atoms with Crippen molar-refractivity contribution >= 4 is 29.4 Å². The number of nitrogens with two attached hydrogens (primary N) is 1. The zero-order valence-corrected chi connectivity index (χ0v) is 16.4. The third-order valence-corrected chi connectivity index (χ3v) is 5.47. The molecule has 2 unspecified atom stereocenters. The summed E-state index contributed by atoms with van der Waals surface area (Å²) < 4.78 is 5.58. The van der Waals surface area contributed by atoms with Gasteiger partial charge in [0.05, 0.1) is 18.7 Å². The number of hydrogen-bond donors (Lipinski definition) is 6. The van der Waals surface area contributed by atoms with Crippen molar-refractivity contribution in [1.82, 2.24) is 10.3 Å². The number of carbonyl (C=O) groups excluding carboxylic acids is 2. The second kappa shape index (κ2) is 10.1. The van der Waals surface area contributed by atoms with Gasteiger partial charge in [0.1, 0.15) is 29.6 Å². The molecular formula is C17H26N4O6S. The van der Waals surface area contributed by atoms with Gasteiger partial charge in [0.15, 0.2) is 0 Å². The standard InChI is InChI=1S/C17H26N4O6S/c1-8-3-4-12(19-5-8)21-16(26)10(18)7-28-17-13(20-9(2)23)15(25)14(24)11(6-22)27-17/h3-5,10-11,13-15,17,22,24-25H,6-7,18H2,1-2H3,(H,20,23)(H,19,21,26)/t10-,11+,13+,14?,15?,17-/m0/s1. The number of aliphatic hydroxyl groups is 3. The maximum atomic E-state index is 12.2. The molecule has 2 rings (SSSR count). The van der Waals surface area contributed by atoms with Gasteiger partial charge in [-0.2, -0.15) is 0 Å². The predicted molar refractivity (Wildman–Crippen MR) is 103 cm³/mol. The van der Waals surface area contributed by atoms with Gasteiger partial charge in [-0.15, -0.1) is 11.8 Å². The Kier molecular flexibility index (Phi) is 8.16. The third kappa shape index (κ3) is 5.87. The lowest BCUT2D eigenvalue weighted by atomic mass is 9.98. The Bertz CT molecular complexity index is 676. The van der Waals surface area contributed by atoms with Crippen LogP contribution in [0.15, 0.2) is 18.3 Å². The van der Waals surface area contributed by atoms with Crippen LogP contribution in [0, 0.1) is 6.92 Å². The van der Waals surface area contributed by atoms with Crippen molar-refractivity contribution in [1.29, 1.82) is 0 Å². The molecule has 0 aromatic carbocycles. The summed E-state index contributed by atoms with van der Waals surface area (Å²) in [5.74, 6) is -0.380. The molecule has 2 amide bonds. The third-order valence-electron chi connectivity index (χ3n) is 4.19. The minimum atomic E-state index is -1.36. The van der Waals surface area contributed by atoms with Gasteiger partial charge in [-0.05, 0) is 18.6 Å². The molecule has 0 radical (unpaired) electrons. The van der Waals surface area contributed by atoms with Crippen LogP contribution in [0.4, 0.5) is 5.82 Å². The van der Waals surface area contributed by atoms with Crippen molar-refractivity contribution < 1.29 is 29.6 Å². The van der Waals surface area contributed by atoms with E-state index in [0.717, 1.165) is 17.3 Å². The Morgan fingerprint density at radius 3 is 2.64 bits per heavy atom. The normalized spacial score (nSPS) is 28.4. The van der Waals surface area contributed by atoms with Gasteiger partial charge in [-0.1, -0.05) is 6.07 Å². The summed E-state index contributed by atoms with van der Waals surface area (Å²) in [6, 6.07) is 1.63. The van der Waals surface area contributed by atoms with Crippen LogP contribution < -0.4 is 16.4 Å². The molecule has 11 heteroatoms. The van der Waals surface area contributed by atoms with Gasteiger partial charge in [0, 0.05) is 18.9 Å². The Hall–Kier alpha value is -1.76. The molecule has 28 heavy (non-hydrogen) atoms. The Morgan fingerprint density at radius 2 is 2.07 bits per heavy atom. The molecule has 2 heterocycles. The number of aryl methyl sites for hydroxylation is 1. The first-order valence-corrected chi connectivity index (χ1v) is 9.78. The quantitative estimate of drug-likeness (QED) is 0.306. The highest BCUT2D eigenvalue weighted by atomic mass is 32.2. The number of amides is 2. The number of carbonyl (C=O) groups is 2. The summed E-state index contributed by atoms with van der Waals surface area (Å²) in [5, 5.41) is 34.7. The maximum Gasteiger partial charge on any atom is 0.243 e. The summed E-state index contributed by atoms with van der Waals surface area (Å²) >= 11 is 1.10. The van der Waals surface area contributed by atoms with Gasteiger partial charge in [-0.3, -0.25) is 9.59 Å². The van der Waals surface area contributed by atoms with Crippen LogP contribution in [0.1, 0.15) is 12.5 Å². The van der Waals surface area contributed by atoms with Crippen LogP contribution in [0.3, 0.4) is 0 Å². The highest BCUT2D eigenvalue weighted by Crippen LogP contribution is 2.29. The molecule has 0 aliphatic carbocycles. The number of aromatic nitrogens is 1. The molecule has 10 nitrogen and oxygen atoms in total. The topological polar surface area (TPSA) is 167 Å².